The van der Waals surface area contributed by atoms with Crippen LogP contribution in [0.2, 0.25) is 0 Å². The van der Waals surface area contributed by atoms with Gasteiger partial charge in [-0.15, -0.1) is 0 Å². The normalized spacial score (nSPS) is 18.8. The minimum Gasteiger partial charge on any atom is -0.393 e. The average Bonchev–Trinajstić information content (AvgIpc) is 3.31. The van der Waals surface area contributed by atoms with Gasteiger partial charge in [-0.25, -0.2) is 13.2 Å². The van der Waals surface area contributed by atoms with Crippen LogP contribution in [-0.4, -0.2) is 68.2 Å². The zero-order chi connectivity index (χ0) is 24.8. The molecule has 0 radical (unpaired) electrons. The molecule has 0 saturated carbocycles. The van der Waals surface area contributed by atoms with Gasteiger partial charge in [0.15, 0.2) is 0 Å². The maximum atomic E-state index is 14.9. The summed E-state index contributed by atoms with van der Waals surface area (Å²) in [7, 11) is 1.50. The van der Waals surface area contributed by atoms with E-state index in [4.69, 9.17) is 15.6 Å². The Balaban J connectivity index is 1.84. The number of hydrogen-bond acceptors (Lipinski definition) is 6. The molecule has 184 valence electrons. The molecule has 2 heterocycles. The lowest BCUT2D eigenvalue weighted by Gasteiger charge is -2.32. The van der Waals surface area contributed by atoms with E-state index in [1.165, 1.54) is 32.3 Å². The van der Waals surface area contributed by atoms with E-state index in [1.54, 1.807) is 4.90 Å². The zero-order valence-electron chi connectivity index (χ0n) is 19.1. The molecule has 0 spiro atoms. The van der Waals surface area contributed by atoms with Crippen molar-refractivity contribution in [3.05, 3.63) is 47.0 Å². The van der Waals surface area contributed by atoms with Crippen molar-refractivity contribution in [2.24, 2.45) is 0 Å². The highest BCUT2D eigenvalue weighted by molar-refractivity contribution is 6.23. The van der Waals surface area contributed by atoms with E-state index in [2.05, 4.69) is 16.0 Å². The molecule has 34 heavy (non-hydrogen) atoms. The van der Waals surface area contributed by atoms with Gasteiger partial charge >= 0.3 is 0 Å². The molecular formula is C23H29F3N6O2. The Morgan fingerprint density at radius 3 is 2.68 bits per heavy atom. The molecular weight excluding hydrogens is 449 g/mol. The van der Waals surface area contributed by atoms with Crippen LogP contribution in [-0.2, 0) is 9.53 Å². The van der Waals surface area contributed by atoms with Crippen LogP contribution in [0.15, 0.2) is 35.7 Å². The van der Waals surface area contributed by atoms with Gasteiger partial charge in [0.05, 0.1) is 24.9 Å². The first kappa shape index (κ1) is 25.3. The zero-order valence-corrected chi connectivity index (χ0v) is 19.1. The number of carbonyl (C=O) groups excluding carboxylic acids is 1. The Morgan fingerprint density at radius 2 is 2.09 bits per heavy atom. The van der Waals surface area contributed by atoms with Crippen molar-refractivity contribution in [1.82, 2.24) is 15.5 Å². The van der Waals surface area contributed by atoms with Gasteiger partial charge in [-0.1, -0.05) is 6.07 Å². The summed E-state index contributed by atoms with van der Waals surface area (Å²) in [6.07, 6.45) is -0.427. The SMILES string of the molecule is CN/C=C(\C(=N)C(F)F)c1ccc(NC(=N)C2=C(N[C@@H]3CCOC3)CCN(C(C)=O)C2)c(F)c1. The lowest BCUT2D eigenvalue weighted by atomic mass is 10.0. The number of rotatable bonds is 8. The molecule has 1 amide bonds. The highest BCUT2D eigenvalue weighted by atomic mass is 19.3. The van der Waals surface area contributed by atoms with E-state index < -0.39 is 18.0 Å². The fraction of sp³-hybridized carbons (Fsp3) is 0.435. The molecule has 0 aromatic heterocycles. The van der Waals surface area contributed by atoms with Gasteiger partial charge in [0.1, 0.15) is 17.4 Å². The molecule has 1 aromatic carbocycles. The van der Waals surface area contributed by atoms with Gasteiger partial charge in [0, 0.05) is 56.6 Å². The summed E-state index contributed by atoms with van der Waals surface area (Å²) in [6, 6.07) is 3.90. The Hall–Kier alpha value is -3.34. The van der Waals surface area contributed by atoms with Crippen LogP contribution in [0.1, 0.15) is 25.3 Å². The van der Waals surface area contributed by atoms with Crippen molar-refractivity contribution < 1.29 is 22.7 Å². The van der Waals surface area contributed by atoms with Gasteiger partial charge in [0.2, 0.25) is 5.91 Å². The second-order valence-electron chi connectivity index (χ2n) is 8.11. The third kappa shape index (κ3) is 5.96. The number of ether oxygens (including phenoxy) is 1. The summed E-state index contributed by atoms with van der Waals surface area (Å²) in [5.74, 6) is -0.940. The third-order valence-electron chi connectivity index (χ3n) is 5.74. The summed E-state index contributed by atoms with van der Waals surface area (Å²) in [6.45, 7) is 3.39. The van der Waals surface area contributed by atoms with Crippen molar-refractivity contribution in [3.63, 3.8) is 0 Å². The highest BCUT2D eigenvalue weighted by Gasteiger charge is 2.27. The molecule has 3 rings (SSSR count). The predicted molar refractivity (Wildman–Crippen MR) is 125 cm³/mol. The van der Waals surface area contributed by atoms with Gasteiger partial charge in [-0.05, 0) is 24.1 Å². The topological polar surface area (TPSA) is 113 Å². The molecule has 1 atom stereocenters. The molecule has 1 aromatic rings. The minimum absolute atomic E-state index is 0.0165. The number of amides is 1. The van der Waals surface area contributed by atoms with Crippen molar-refractivity contribution in [2.75, 3.05) is 38.7 Å². The van der Waals surface area contributed by atoms with Crippen LogP contribution in [0, 0.1) is 16.6 Å². The summed E-state index contributed by atoms with van der Waals surface area (Å²) in [5, 5.41) is 24.9. The Morgan fingerprint density at radius 1 is 1.32 bits per heavy atom. The first-order valence-electron chi connectivity index (χ1n) is 10.9. The number of alkyl halides is 2. The van der Waals surface area contributed by atoms with Crippen molar-refractivity contribution in [3.8, 4) is 0 Å². The average molecular weight is 479 g/mol. The van der Waals surface area contributed by atoms with Gasteiger partial charge < -0.3 is 25.6 Å². The molecule has 1 saturated heterocycles. The molecule has 5 N–H and O–H groups in total. The Labute approximate surface area is 196 Å². The van der Waals surface area contributed by atoms with E-state index in [9.17, 15) is 18.0 Å². The maximum Gasteiger partial charge on any atom is 0.280 e. The molecule has 0 unspecified atom stereocenters. The van der Waals surface area contributed by atoms with Crippen molar-refractivity contribution >= 4 is 28.7 Å². The number of nitrogens with zero attached hydrogens (tertiary/aromatic N) is 1. The molecule has 0 aliphatic carbocycles. The molecule has 1 fully saturated rings. The second kappa shape index (κ2) is 11.2. The van der Waals surface area contributed by atoms with E-state index in [0.717, 1.165) is 18.2 Å². The quantitative estimate of drug-likeness (QED) is 0.291. The summed E-state index contributed by atoms with van der Waals surface area (Å²) < 4.78 is 46.4. The smallest absolute Gasteiger partial charge is 0.280 e. The number of benzene rings is 1. The van der Waals surface area contributed by atoms with Crippen molar-refractivity contribution in [2.45, 2.75) is 32.2 Å². The maximum absolute atomic E-state index is 14.9. The standard InChI is InChI=1S/C23H29F3N6O2/c1-13(33)32-7-5-19(30-15-6-8-34-12-15)17(11-32)23(28)31-20-4-3-14(9-18(20)24)16(10-29-2)21(27)22(25)26/h3-4,9-10,15,22,27,29-30H,5-8,11-12H2,1-2H3,(H2,28,31)/b16-10-,27-21?/t15-/m1/s1. The van der Waals surface area contributed by atoms with Crippen molar-refractivity contribution in [1.29, 1.82) is 10.8 Å². The van der Waals surface area contributed by atoms with Crippen LogP contribution < -0.4 is 16.0 Å². The number of anilines is 1. The number of nitrogens with one attached hydrogen (secondary N) is 5. The highest BCUT2D eigenvalue weighted by Crippen LogP contribution is 2.25. The van der Waals surface area contributed by atoms with E-state index in [1.807, 2.05) is 0 Å². The number of hydrogen-bond donors (Lipinski definition) is 5. The molecule has 2 aliphatic heterocycles. The fourth-order valence-corrected chi connectivity index (χ4v) is 3.89. The van der Waals surface area contributed by atoms with Gasteiger partial charge in [-0.3, -0.25) is 15.6 Å². The molecule has 0 bridgehead atoms. The second-order valence-corrected chi connectivity index (χ2v) is 8.11. The van der Waals surface area contributed by atoms with Crippen LogP contribution in [0.25, 0.3) is 5.57 Å². The minimum atomic E-state index is -3.01. The molecule has 2 aliphatic rings. The summed E-state index contributed by atoms with van der Waals surface area (Å²) in [5.41, 5.74) is 0.398. The van der Waals surface area contributed by atoms with Crippen LogP contribution in [0.3, 0.4) is 0 Å². The monoisotopic (exact) mass is 478 g/mol. The number of halogens is 3. The van der Waals surface area contributed by atoms with Gasteiger partial charge in [0.25, 0.3) is 6.43 Å². The van der Waals surface area contributed by atoms with E-state index in [0.29, 0.717) is 31.8 Å². The number of amidine groups is 1. The molecule has 8 nitrogen and oxygen atoms in total. The Bertz CT molecular complexity index is 1020. The van der Waals surface area contributed by atoms with Gasteiger partial charge in [-0.2, -0.15) is 0 Å². The van der Waals surface area contributed by atoms with Crippen LogP contribution >= 0.6 is 0 Å². The summed E-state index contributed by atoms with van der Waals surface area (Å²) in [4.78, 5) is 13.5. The van der Waals surface area contributed by atoms with Crippen LogP contribution in [0.4, 0.5) is 18.9 Å². The van der Waals surface area contributed by atoms with E-state index >= 15 is 0 Å². The lowest BCUT2D eigenvalue weighted by Crippen LogP contribution is -2.42. The third-order valence-corrected chi connectivity index (χ3v) is 5.74. The largest absolute Gasteiger partial charge is 0.393 e. The van der Waals surface area contributed by atoms with E-state index in [-0.39, 0.29) is 41.2 Å². The first-order chi connectivity index (χ1) is 16.2. The number of carbonyl (C=O) groups is 1. The summed E-state index contributed by atoms with van der Waals surface area (Å²) >= 11 is 0. The Kier molecular flexibility index (Phi) is 8.32. The lowest BCUT2D eigenvalue weighted by molar-refractivity contribution is -0.128. The van der Waals surface area contributed by atoms with Crippen LogP contribution in [0.5, 0.6) is 0 Å². The molecule has 11 heteroatoms. The predicted octanol–water partition coefficient (Wildman–Crippen LogP) is 2.94. The first-order valence-corrected chi connectivity index (χ1v) is 10.9. The number of allylic oxidation sites excluding steroid dienone is 1. The fourth-order valence-electron chi connectivity index (χ4n) is 3.89.